The molecule has 0 unspecified atom stereocenters. The molecule has 0 bridgehead atoms. The molecule has 6 heteroatoms. The van der Waals surface area contributed by atoms with Gasteiger partial charge in [-0.1, -0.05) is 0 Å². The van der Waals surface area contributed by atoms with E-state index in [0.29, 0.717) is 11.3 Å². The van der Waals surface area contributed by atoms with Gasteiger partial charge in [-0.25, -0.2) is 0 Å². The number of carbonyl (C=O) groups excluding carboxylic acids is 1. The second-order valence-corrected chi connectivity index (χ2v) is 4.76. The maximum Gasteiger partial charge on any atom is 0.254 e. The molecule has 4 N–H and O–H groups in total. The van der Waals surface area contributed by atoms with Crippen molar-refractivity contribution in [2.24, 2.45) is 0 Å². The predicted octanol–water partition coefficient (Wildman–Crippen LogP) is 0.300. The summed E-state index contributed by atoms with van der Waals surface area (Å²) >= 11 is 2.08. The van der Waals surface area contributed by atoms with Crippen molar-refractivity contribution in [2.75, 3.05) is 32.0 Å². The number of aliphatic hydroxyl groups is 2. The monoisotopic (exact) mass is 350 g/mol. The Bertz CT molecular complexity index is 372. The molecule has 1 aromatic carbocycles. The third-order valence-corrected chi connectivity index (χ3v) is 2.82. The molecule has 17 heavy (non-hydrogen) atoms. The van der Waals surface area contributed by atoms with Crippen molar-refractivity contribution in [3.63, 3.8) is 0 Å². The van der Waals surface area contributed by atoms with Crippen molar-refractivity contribution >= 4 is 34.2 Å². The summed E-state index contributed by atoms with van der Waals surface area (Å²) in [6.07, 6.45) is 0. The number of nitrogens with zero attached hydrogens (tertiary/aromatic N) is 1. The zero-order valence-electron chi connectivity index (χ0n) is 9.27. The van der Waals surface area contributed by atoms with Crippen LogP contribution in [0.1, 0.15) is 10.4 Å². The molecule has 0 spiro atoms. The summed E-state index contributed by atoms with van der Waals surface area (Å²) in [5.41, 5.74) is 6.66. The molecule has 0 saturated carbocycles. The summed E-state index contributed by atoms with van der Waals surface area (Å²) < 4.78 is 0.874. The van der Waals surface area contributed by atoms with Crippen molar-refractivity contribution in [1.82, 2.24) is 4.90 Å². The van der Waals surface area contributed by atoms with Crippen LogP contribution in [0.25, 0.3) is 0 Å². The Morgan fingerprint density at radius 2 is 1.82 bits per heavy atom. The Labute approximate surface area is 113 Å². The predicted molar refractivity (Wildman–Crippen MR) is 73.6 cm³/mol. The maximum absolute atomic E-state index is 12.1. The number of anilines is 1. The van der Waals surface area contributed by atoms with Crippen molar-refractivity contribution < 1.29 is 15.0 Å². The van der Waals surface area contributed by atoms with Gasteiger partial charge in [0.15, 0.2) is 0 Å². The zero-order chi connectivity index (χ0) is 12.8. The Balaban J connectivity index is 2.92. The van der Waals surface area contributed by atoms with Crippen LogP contribution in [0.5, 0.6) is 0 Å². The Morgan fingerprint density at radius 1 is 1.24 bits per heavy atom. The van der Waals surface area contributed by atoms with Crippen LogP contribution in [0, 0.1) is 3.57 Å². The second-order valence-electron chi connectivity index (χ2n) is 3.51. The number of benzene rings is 1. The largest absolute Gasteiger partial charge is 0.399 e. The molecule has 0 heterocycles. The minimum absolute atomic E-state index is 0.134. The highest BCUT2D eigenvalue weighted by Gasteiger charge is 2.15. The van der Waals surface area contributed by atoms with Gasteiger partial charge in [0.25, 0.3) is 5.91 Å². The fourth-order valence-electron chi connectivity index (χ4n) is 1.47. The third-order valence-electron chi connectivity index (χ3n) is 2.19. The number of rotatable bonds is 5. The number of amides is 1. The number of hydrogen-bond donors (Lipinski definition) is 3. The Kier molecular flexibility index (Phi) is 5.66. The van der Waals surface area contributed by atoms with E-state index in [0.717, 1.165) is 3.57 Å². The second kappa shape index (κ2) is 6.77. The van der Waals surface area contributed by atoms with Gasteiger partial charge in [-0.15, -0.1) is 0 Å². The molecule has 0 aliphatic rings. The van der Waals surface area contributed by atoms with Gasteiger partial charge >= 0.3 is 0 Å². The SMILES string of the molecule is Nc1cc(I)cc(C(=O)N(CCO)CCO)c1. The number of halogens is 1. The molecule has 5 nitrogen and oxygen atoms in total. The summed E-state index contributed by atoms with van der Waals surface area (Å²) in [5, 5.41) is 17.7. The summed E-state index contributed by atoms with van der Waals surface area (Å²) in [6, 6.07) is 5.08. The molecule has 0 aliphatic heterocycles. The van der Waals surface area contributed by atoms with Gasteiger partial charge in [-0.05, 0) is 40.8 Å². The van der Waals surface area contributed by atoms with Crippen molar-refractivity contribution in [3.8, 4) is 0 Å². The van der Waals surface area contributed by atoms with Crippen LogP contribution >= 0.6 is 22.6 Å². The molecule has 94 valence electrons. The van der Waals surface area contributed by atoms with E-state index in [1.165, 1.54) is 4.90 Å². The van der Waals surface area contributed by atoms with Crippen LogP contribution in [-0.2, 0) is 0 Å². The zero-order valence-corrected chi connectivity index (χ0v) is 11.4. The van der Waals surface area contributed by atoms with Gasteiger partial charge in [0.1, 0.15) is 0 Å². The van der Waals surface area contributed by atoms with Crippen LogP contribution in [0.2, 0.25) is 0 Å². The molecule has 1 amide bonds. The Morgan fingerprint density at radius 3 is 2.29 bits per heavy atom. The van der Waals surface area contributed by atoms with Gasteiger partial charge in [0.2, 0.25) is 0 Å². The lowest BCUT2D eigenvalue weighted by molar-refractivity contribution is 0.0685. The molecule has 0 fully saturated rings. The van der Waals surface area contributed by atoms with E-state index < -0.39 is 0 Å². The van der Waals surface area contributed by atoms with Gasteiger partial charge < -0.3 is 20.8 Å². The van der Waals surface area contributed by atoms with Crippen LogP contribution in [0.15, 0.2) is 18.2 Å². The fraction of sp³-hybridized carbons (Fsp3) is 0.364. The summed E-state index contributed by atoms with van der Waals surface area (Å²) in [4.78, 5) is 13.5. The number of nitrogen functional groups attached to an aromatic ring is 1. The number of nitrogens with two attached hydrogens (primary N) is 1. The molecule has 0 saturated heterocycles. The molecular weight excluding hydrogens is 335 g/mol. The first-order valence-corrected chi connectivity index (χ1v) is 6.23. The van der Waals surface area contributed by atoms with E-state index >= 15 is 0 Å². The molecule has 0 atom stereocenters. The van der Waals surface area contributed by atoms with Crippen molar-refractivity contribution in [1.29, 1.82) is 0 Å². The molecular formula is C11H15IN2O3. The van der Waals surface area contributed by atoms with E-state index in [1.54, 1.807) is 18.2 Å². The highest BCUT2D eigenvalue weighted by atomic mass is 127. The first kappa shape index (κ1) is 14.2. The number of aliphatic hydroxyl groups excluding tert-OH is 2. The number of carbonyl (C=O) groups is 1. The first-order chi connectivity index (χ1) is 8.08. The minimum Gasteiger partial charge on any atom is -0.399 e. The fourth-order valence-corrected chi connectivity index (χ4v) is 2.17. The summed E-state index contributed by atoms with van der Waals surface area (Å²) in [6.45, 7) is 0.131. The minimum atomic E-state index is -0.238. The van der Waals surface area contributed by atoms with E-state index in [-0.39, 0.29) is 32.2 Å². The molecule has 1 aromatic rings. The van der Waals surface area contributed by atoms with Crippen LogP contribution in [-0.4, -0.2) is 47.3 Å². The van der Waals surface area contributed by atoms with Gasteiger partial charge in [0, 0.05) is 27.9 Å². The average Bonchev–Trinajstić information content (AvgIpc) is 2.26. The number of hydrogen-bond acceptors (Lipinski definition) is 4. The topological polar surface area (TPSA) is 86.8 Å². The molecule has 1 rings (SSSR count). The van der Waals surface area contributed by atoms with Crippen LogP contribution in [0.4, 0.5) is 5.69 Å². The smallest absolute Gasteiger partial charge is 0.254 e. The highest BCUT2D eigenvalue weighted by molar-refractivity contribution is 14.1. The molecule has 0 aromatic heterocycles. The molecule has 0 aliphatic carbocycles. The van der Waals surface area contributed by atoms with Crippen LogP contribution < -0.4 is 5.73 Å². The first-order valence-electron chi connectivity index (χ1n) is 5.15. The summed E-state index contributed by atoms with van der Waals surface area (Å²) in [7, 11) is 0. The third kappa shape index (κ3) is 4.14. The highest BCUT2D eigenvalue weighted by Crippen LogP contribution is 2.15. The average molecular weight is 350 g/mol. The quantitative estimate of drug-likeness (QED) is 0.527. The van der Waals surface area contributed by atoms with E-state index in [2.05, 4.69) is 22.6 Å². The lowest BCUT2D eigenvalue weighted by Gasteiger charge is -2.20. The maximum atomic E-state index is 12.1. The van der Waals surface area contributed by atoms with E-state index in [1.807, 2.05) is 0 Å². The van der Waals surface area contributed by atoms with Gasteiger partial charge in [-0.2, -0.15) is 0 Å². The normalized spacial score (nSPS) is 10.3. The van der Waals surface area contributed by atoms with Crippen LogP contribution in [0.3, 0.4) is 0 Å². The van der Waals surface area contributed by atoms with E-state index in [4.69, 9.17) is 15.9 Å². The van der Waals surface area contributed by atoms with E-state index in [9.17, 15) is 4.79 Å². The van der Waals surface area contributed by atoms with Crippen molar-refractivity contribution in [2.45, 2.75) is 0 Å². The summed E-state index contributed by atoms with van der Waals surface area (Å²) in [5.74, 6) is -0.238. The lowest BCUT2D eigenvalue weighted by atomic mass is 10.2. The van der Waals surface area contributed by atoms with Gasteiger partial charge in [-0.3, -0.25) is 4.79 Å². The van der Waals surface area contributed by atoms with Crippen molar-refractivity contribution in [3.05, 3.63) is 27.3 Å². The standard InChI is InChI=1S/C11H15IN2O3/c12-9-5-8(6-10(13)7-9)11(17)14(1-3-15)2-4-16/h5-7,15-16H,1-4,13H2. The molecule has 0 radical (unpaired) electrons. The van der Waals surface area contributed by atoms with Gasteiger partial charge in [0.05, 0.1) is 13.2 Å². The Hall–Kier alpha value is -0.860. The lowest BCUT2D eigenvalue weighted by Crippen LogP contribution is -2.35.